The average molecular weight is 224 g/mol. The minimum atomic E-state index is 0.189. The fourth-order valence-electron chi connectivity index (χ4n) is 1.53. The standard InChI is InChI=1S/C12H14ClNO/c1-2-12-4-3-9-14(15-12)11-7-5-10(13)6-8-11/h3-8,12H,2,9H2,1H3. The predicted molar refractivity (Wildman–Crippen MR) is 63.1 cm³/mol. The van der Waals surface area contributed by atoms with Crippen LogP contribution in [0.4, 0.5) is 5.69 Å². The van der Waals surface area contributed by atoms with E-state index in [4.69, 9.17) is 16.4 Å². The van der Waals surface area contributed by atoms with Crippen LogP contribution in [0.2, 0.25) is 5.02 Å². The third kappa shape index (κ3) is 2.52. The minimum Gasteiger partial charge on any atom is -0.266 e. The van der Waals surface area contributed by atoms with Crippen molar-refractivity contribution in [3.63, 3.8) is 0 Å². The Morgan fingerprint density at radius 2 is 2.13 bits per heavy atom. The van der Waals surface area contributed by atoms with E-state index < -0.39 is 0 Å². The number of benzene rings is 1. The molecule has 1 heterocycles. The summed E-state index contributed by atoms with van der Waals surface area (Å²) >= 11 is 5.83. The van der Waals surface area contributed by atoms with E-state index in [1.165, 1.54) is 0 Å². The summed E-state index contributed by atoms with van der Waals surface area (Å²) < 4.78 is 0. The molecular weight excluding hydrogens is 210 g/mol. The highest BCUT2D eigenvalue weighted by Crippen LogP contribution is 2.21. The van der Waals surface area contributed by atoms with Crippen LogP contribution in [-0.4, -0.2) is 12.6 Å². The summed E-state index contributed by atoms with van der Waals surface area (Å²) in [6.07, 6.45) is 5.41. The first kappa shape index (κ1) is 10.5. The van der Waals surface area contributed by atoms with Crippen molar-refractivity contribution in [3.8, 4) is 0 Å². The Morgan fingerprint density at radius 3 is 2.80 bits per heavy atom. The molecule has 0 bridgehead atoms. The zero-order chi connectivity index (χ0) is 10.7. The fraction of sp³-hybridized carbons (Fsp3) is 0.333. The summed E-state index contributed by atoms with van der Waals surface area (Å²) in [5.41, 5.74) is 1.04. The van der Waals surface area contributed by atoms with Crippen LogP contribution in [0.1, 0.15) is 13.3 Å². The van der Waals surface area contributed by atoms with E-state index in [0.717, 1.165) is 23.7 Å². The summed E-state index contributed by atoms with van der Waals surface area (Å²) in [5, 5.41) is 2.64. The molecule has 1 atom stereocenters. The van der Waals surface area contributed by atoms with Gasteiger partial charge in [-0.1, -0.05) is 30.7 Å². The van der Waals surface area contributed by atoms with Gasteiger partial charge in [0, 0.05) is 5.02 Å². The van der Waals surface area contributed by atoms with Crippen molar-refractivity contribution in [3.05, 3.63) is 41.4 Å². The Labute approximate surface area is 95.1 Å². The molecule has 0 saturated heterocycles. The van der Waals surface area contributed by atoms with E-state index in [9.17, 15) is 0 Å². The van der Waals surface area contributed by atoms with Crippen LogP contribution in [0.15, 0.2) is 36.4 Å². The van der Waals surface area contributed by atoms with Gasteiger partial charge in [0.05, 0.1) is 12.2 Å². The Morgan fingerprint density at radius 1 is 1.40 bits per heavy atom. The van der Waals surface area contributed by atoms with E-state index in [2.05, 4.69) is 19.1 Å². The van der Waals surface area contributed by atoms with Crippen LogP contribution >= 0.6 is 11.6 Å². The molecule has 80 valence electrons. The number of nitrogens with zero attached hydrogens (tertiary/aromatic N) is 1. The van der Waals surface area contributed by atoms with E-state index >= 15 is 0 Å². The van der Waals surface area contributed by atoms with E-state index in [1.807, 2.05) is 29.3 Å². The van der Waals surface area contributed by atoms with Crippen LogP contribution in [0.5, 0.6) is 0 Å². The van der Waals surface area contributed by atoms with Crippen LogP contribution in [0.25, 0.3) is 0 Å². The quantitative estimate of drug-likeness (QED) is 0.713. The molecule has 15 heavy (non-hydrogen) atoms. The van der Waals surface area contributed by atoms with Gasteiger partial charge in [-0.15, -0.1) is 0 Å². The molecule has 1 aliphatic rings. The predicted octanol–water partition coefficient (Wildman–Crippen LogP) is 3.43. The van der Waals surface area contributed by atoms with Crippen LogP contribution in [0.3, 0.4) is 0 Å². The molecule has 0 spiro atoms. The number of anilines is 1. The molecule has 1 aromatic rings. The highest BCUT2D eigenvalue weighted by atomic mass is 35.5. The maximum atomic E-state index is 5.83. The van der Waals surface area contributed by atoms with Gasteiger partial charge in [-0.25, -0.2) is 5.06 Å². The lowest BCUT2D eigenvalue weighted by molar-refractivity contribution is 0.0568. The lowest BCUT2D eigenvalue weighted by Crippen LogP contribution is -2.32. The summed E-state index contributed by atoms with van der Waals surface area (Å²) in [7, 11) is 0. The maximum absolute atomic E-state index is 5.83. The Balaban J connectivity index is 2.11. The SMILES string of the molecule is CCC1C=CCN(c2ccc(Cl)cc2)O1. The topological polar surface area (TPSA) is 12.5 Å². The number of halogens is 1. The van der Waals surface area contributed by atoms with Crippen LogP contribution in [-0.2, 0) is 4.84 Å². The lowest BCUT2D eigenvalue weighted by Gasteiger charge is -2.29. The Hall–Kier alpha value is -0.990. The van der Waals surface area contributed by atoms with Gasteiger partial charge in [-0.2, -0.15) is 0 Å². The molecule has 0 radical (unpaired) electrons. The third-order valence-corrected chi connectivity index (χ3v) is 2.65. The van der Waals surface area contributed by atoms with Crippen molar-refractivity contribution >= 4 is 17.3 Å². The van der Waals surface area contributed by atoms with Gasteiger partial charge < -0.3 is 0 Å². The second kappa shape index (κ2) is 4.69. The second-order valence-corrected chi connectivity index (χ2v) is 3.95. The highest BCUT2D eigenvalue weighted by molar-refractivity contribution is 6.30. The zero-order valence-electron chi connectivity index (χ0n) is 8.69. The van der Waals surface area contributed by atoms with Gasteiger partial charge in [-0.3, -0.25) is 4.84 Å². The first-order valence-electron chi connectivity index (χ1n) is 5.16. The van der Waals surface area contributed by atoms with Crippen molar-refractivity contribution < 1.29 is 4.84 Å². The van der Waals surface area contributed by atoms with Gasteiger partial charge in [0.25, 0.3) is 0 Å². The number of hydroxylamine groups is 1. The maximum Gasteiger partial charge on any atom is 0.104 e. The summed E-state index contributed by atoms with van der Waals surface area (Å²) in [4.78, 5) is 5.76. The molecule has 1 aromatic carbocycles. The molecule has 3 heteroatoms. The van der Waals surface area contributed by atoms with Crippen molar-refractivity contribution in [2.24, 2.45) is 0 Å². The van der Waals surface area contributed by atoms with Crippen molar-refractivity contribution in [1.82, 2.24) is 0 Å². The first-order chi connectivity index (χ1) is 7.29. The average Bonchev–Trinajstić information content (AvgIpc) is 2.30. The number of rotatable bonds is 2. The molecule has 1 unspecified atom stereocenters. The van der Waals surface area contributed by atoms with E-state index in [-0.39, 0.29) is 6.10 Å². The Bertz CT molecular complexity index is 347. The van der Waals surface area contributed by atoms with Crippen LogP contribution in [0, 0.1) is 0 Å². The lowest BCUT2D eigenvalue weighted by atomic mass is 10.2. The van der Waals surface area contributed by atoms with Gasteiger partial charge in [0.15, 0.2) is 0 Å². The summed E-state index contributed by atoms with van der Waals surface area (Å²) in [6.45, 7) is 2.90. The summed E-state index contributed by atoms with van der Waals surface area (Å²) in [5.74, 6) is 0. The molecule has 0 N–H and O–H groups in total. The molecule has 0 saturated carbocycles. The number of hydrogen-bond donors (Lipinski definition) is 0. The van der Waals surface area contributed by atoms with Gasteiger partial charge in [0.1, 0.15) is 6.10 Å². The Kier molecular flexibility index (Phi) is 3.29. The smallest absolute Gasteiger partial charge is 0.104 e. The van der Waals surface area contributed by atoms with Gasteiger partial charge >= 0.3 is 0 Å². The van der Waals surface area contributed by atoms with Crippen molar-refractivity contribution in [2.45, 2.75) is 19.4 Å². The molecule has 2 nitrogen and oxygen atoms in total. The van der Waals surface area contributed by atoms with Crippen LogP contribution < -0.4 is 5.06 Å². The highest BCUT2D eigenvalue weighted by Gasteiger charge is 2.14. The second-order valence-electron chi connectivity index (χ2n) is 3.52. The number of hydrogen-bond acceptors (Lipinski definition) is 2. The monoisotopic (exact) mass is 223 g/mol. The van der Waals surface area contributed by atoms with E-state index in [0.29, 0.717) is 0 Å². The van der Waals surface area contributed by atoms with Crippen molar-refractivity contribution in [2.75, 3.05) is 11.6 Å². The fourth-order valence-corrected chi connectivity index (χ4v) is 1.66. The first-order valence-corrected chi connectivity index (χ1v) is 5.54. The molecule has 0 amide bonds. The molecular formula is C12H14ClNO. The molecule has 2 rings (SSSR count). The molecule has 0 aliphatic carbocycles. The third-order valence-electron chi connectivity index (χ3n) is 2.40. The molecule has 1 aliphatic heterocycles. The molecule has 0 fully saturated rings. The zero-order valence-corrected chi connectivity index (χ0v) is 9.45. The van der Waals surface area contributed by atoms with Crippen molar-refractivity contribution in [1.29, 1.82) is 0 Å². The van der Waals surface area contributed by atoms with E-state index in [1.54, 1.807) is 0 Å². The molecule has 0 aromatic heterocycles. The van der Waals surface area contributed by atoms with Gasteiger partial charge in [0.2, 0.25) is 0 Å². The summed E-state index contributed by atoms with van der Waals surface area (Å²) in [6, 6.07) is 7.68. The largest absolute Gasteiger partial charge is 0.266 e. The normalized spacial score (nSPS) is 20.7. The van der Waals surface area contributed by atoms with Gasteiger partial charge in [-0.05, 0) is 30.7 Å². The minimum absolute atomic E-state index is 0.189.